The van der Waals surface area contributed by atoms with Crippen LogP contribution in [-0.4, -0.2) is 42.3 Å². The van der Waals surface area contributed by atoms with Crippen LogP contribution in [0, 0.1) is 5.92 Å². The fraction of sp³-hybridized carbons (Fsp3) is 0.458. The van der Waals surface area contributed by atoms with Crippen LogP contribution in [0.1, 0.15) is 49.4 Å². The molecule has 3 rings (SSSR count). The molecule has 9 heteroatoms. The number of carbonyl (C=O) groups is 1. The second-order valence-corrected chi connectivity index (χ2v) is 8.26. The van der Waals surface area contributed by atoms with E-state index in [-0.39, 0.29) is 5.02 Å². The first-order valence-electron chi connectivity index (χ1n) is 10.9. The molecule has 0 aromatic heterocycles. The van der Waals surface area contributed by atoms with Crippen LogP contribution in [0.5, 0.6) is 11.5 Å². The van der Waals surface area contributed by atoms with Crippen LogP contribution in [0.4, 0.5) is 13.2 Å². The molecule has 5 nitrogen and oxygen atoms in total. The number of likely N-dealkylation sites (tertiary alicyclic amines) is 1. The summed E-state index contributed by atoms with van der Waals surface area (Å²) in [6.07, 6.45) is -3.72. The lowest BCUT2D eigenvalue weighted by Gasteiger charge is -2.37. The van der Waals surface area contributed by atoms with Crippen LogP contribution in [0.2, 0.25) is 5.02 Å². The van der Waals surface area contributed by atoms with Crippen molar-refractivity contribution < 1.29 is 32.5 Å². The van der Waals surface area contributed by atoms with Gasteiger partial charge in [-0.25, -0.2) is 0 Å². The highest BCUT2D eigenvalue weighted by Crippen LogP contribution is 2.41. The Morgan fingerprint density at radius 2 is 1.73 bits per heavy atom. The van der Waals surface area contributed by atoms with E-state index >= 15 is 0 Å². The molecule has 1 saturated heterocycles. The van der Waals surface area contributed by atoms with Crippen LogP contribution in [0.15, 0.2) is 36.4 Å². The van der Waals surface area contributed by atoms with Gasteiger partial charge in [-0.3, -0.25) is 9.69 Å². The Labute approximate surface area is 196 Å². The van der Waals surface area contributed by atoms with Crippen LogP contribution < -0.4 is 9.47 Å². The first kappa shape index (κ1) is 25.2. The van der Waals surface area contributed by atoms with Crippen molar-refractivity contribution in [1.29, 1.82) is 0 Å². The van der Waals surface area contributed by atoms with E-state index in [0.29, 0.717) is 61.8 Å². The number of piperidine rings is 1. The Hall–Kier alpha value is -2.45. The van der Waals surface area contributed by atoms with Gasteiger partial charge in [0, 0.05) is 5.02 Å². The van der Waals surface area contributed by atoms with Crippen molar-refractivity contribution in [3.05, 3.63) is 58.1 Å². The summed E-state index contributed by atoms with van der Waals surface area (Å²) < 4.78 is 51.8. The molecule has 1 N–H and O–H groups in total. The maximum absolute atomic E-state index is 13.5. The molecular weight excluding hydrogens is 459 g/mol. The molecular formula is C24H27ClF3NO4. The molecule has 1 unspecified atom stereocenters. The van der Waals surface area contributed by atoms with Crippen molar-refractivity contribution in [2.75, 3.05) is 26.3 Å². The zero-order chi connectivity index (χ0) is 24.2. The first-order valence-corrected chi connectivity index (χ1v) is 11.3. The van der Waals surface area contributed by atoms with Gasteiger partial charge in [0.25, 0.3) is 0 Å². The summed E-state index contributed by atoms with van der Waals surface area (Å²) in [5.74, 6) is -0.298. The van der Waals surface area contributed by atoms with Gasteiger partial charge in [-0.05, 0) is 81.2 Å². The highest BCUT2D eigenvalue weighted by atomic mass is 35.5. The predicted octanol–water partition coefficient (Wildman–Crippen LogP) is 6.04. The minimum atomic E-state index is -4.52. The van der Waals surface area contributed by atoms with E-state index in [2.05, 4.69) is 0 Å². The summed E-state index contributed by atoms with van der Waals surface area (Å²) in [5, 5.41) is 9.56. The van der Waals surface area contributed by atoms with E-state index in [9.17, 15) is 23.1 Å². The van der Waals surface area contributed by atoms with Crippen molar-refractivity contribution in [2.24, 2.45) is 5.92 Å². The zero-order valence-electron chi connectivity index (χ0n) is 18.5. The number of hydrogen-bond acceptors (Lipinski definition) is 4. The summed E-state index contributed by atoms with van der Waals surface area (Å²) in [6, 6.07) is 7.98. The number of aliphatic carboxylic acids is 1. The average Bonchev–Trinajstić information content (AvgIpc) is 2.77. The maximum Gasteiger partial charge on any atom is 0.416 e. The van der Waals surface area contributed by atoms with Crippen LogP contribution in [-0.2, 0) is 11.0 Å². The third kappa shape index (κ3) is 5.92. The fourth-order valence-corrected chi connectivity index (χ4v) is 4.38. The number of carboxylic acids is 1. The first-order chi connectivity index (χ1) is 15.7. The third-order valence-electron chi connectivity index (χ3n) is 5.75. The number of halogens is 4. The summed E-state index contributed by atoms with van der Waals surface area (Å²) >= 11 is 6.43. The lowest BCUT2D eigenvalue weighted by atomic mass is 9.90. The number of ether oxygens (including phenoxy) is 2. The highest BCUT2D eigenvalue weighted by molar-refractivity contribution is 6.31. The molecule has 0 spiro atoms. The van der Waals surface area contributed by atoms with Gasteiger partial charge in [0.1, 0.15) is 0 Å². The highest BCUT2D eigenvalue weighted by Gasteiger charge is 2.35. The van der Waals surface area contributed by atoms with E-state index in [4.69, 9.17) is 21.1 Å². The number of alkyl halides is 3. The molecule has 2 aromatic carbocycles. The van der Waals surface area contributed by atoms with Crippen LogP contribution in [0.3, 0.4) is 0 Å². The quantitative estimate of drug-likeness (QED) is 0.494. The monoisotopic (exact) mass is 485 g/mol. The number of hydrogen-bond donors (Lipinski definition) is 1. The minimum Gasteiger partial charge on any atom is -0.490 e. The number of carboxylic acid groups (broad SMARTS) is 1. The Morgan fingerprint density at radius 1 is 1.09 bits per heavy atom. The molecule has 1 aliphatic rings. The van der Waals surface area contributed by atoms with Crippen molar-refractivity contribution in [2.45, 2.75) is 38.9 Å². The minimum absolute atomic E-state index is 0.209. The van der Waals surface area contributed by atoms with Gasteiger partial charge in [-0.15, -0.1) is 0 Å². The second kappa shape index (κ2) is 10.7. The van der Waals surface area contributed by atoms with E-state index in [1.165, 1.54) is 6.07 Å². The number of benzene rings is 2. The molecule has 0 radical (unpaired) electrons. The number of rotatable bonds is 8. The summed E-state index contributed by atoms with van der Waals surface area (Å²) in [7, 11) is 0. The molecule has 0 amide bonds. The molecule has 1 atom stereocenters. The molecule has 1 aliphatic heterocycles. The molecule has 0 aliphatic carbocycles. The molecule has 180 valence electrons. The molecule has 0 bridgehead atoms. The maximum atomic E-state index is 13.5. The Bertz CT molecular complexity index is 975. The van der Waals surface area contributed by atoms with Crippen molar-refractivity contribution in [3.8, 4) is 11.5 Å². The smallest absolute Gasteiger partial charge is 0.416 e. The normalized spacial score (nSPS) is 16.4. The second-order valence-electron chi connectivity index (χ2n) is 7.86. The number of nitrogens with zero attached hydrogens (tertiary/aromatic N) is 1. The topological polar surface area (TPSA) is 59.0 Å². The lowest BCUT2D eigenvalue weighted by molar-refractivity contribution is -0.143. The largest absolute Gasteiger partial charge is 0.490 e. The summed E-state index contributed by atoms with van der Waals surface area (Å²) in [6.45, 7) is 5.33. The van der Waals surface area contributed by atoms with E-state index in [0.717, 1.165) is 12.1 Å². The lowest BCUT2D eigenvalue weighted by Crippen LogP contribution is -2.39. The standard InChI is InChI=1S/C24H27ClF3NO4/c1-3-32-20-8-5-16(13-21(20)33-4-2)22(29-11-9-15(10-12-29)23(30)31)18-14-17(24(26,27)28)6-7-19(18)25/h5-8,13-15,22H,3-4,9-12H2,1-2H3,(H,30,31). The fourth-order valence-electron chi connectivity index (χ4n) is 4.16. The van der Waals surface area contributed by atoms with Crippen molar-refractivity contribution >= 4 is 17.6 Å². The van der Waals surface area contributed by atoms with Crippen molar-refractivity contribution in [3.63, 3.8) is 0 Å². The van der Waals surface area contributed by atoms with Crippen LogP contribution >= 0.6 is 11.6 Å². The van der Waals surface area contributed by atoms with Gasteiger partial charge in [0.2, 0.25) is 0 Å². The van der Waals surface area contributed by atoms with Gasteiger partial charge in [-0.1, -0.05) is 17.7 Å². The van der Waals surface area contributed by atoms with Gasteiger partial charge in [0.05, 0.1) is 30.7 Å². The predicted molar refractivity (Wildman–Crippen MR) is 119 cm³/mol. The van der Waals surface area contributed by atoms with E-state index in [1.54, 1.807) is 18.2 Å². The van der Waals surface area contributed by atoms with Gasteiger partial charge in [0.15, 0.2) is 11.5 Å². The average molecular weight is 486 g/mol. The third-order valence-corrected chi connectivity index (χ3v) is 6.09. The van der Waals surface area contributed by atoms with Gasteiger partial charge >= 0.3 is 12.1 Å². The summed E-state index contributed by atoms with van der Waals surface area (Å²) in [4.78, 5) is 13.4. The van der Waals surface area contributed by atoms with Gasteiger partial charge < -0.3 is 14.6 Å². The van der Waals surface area contributed by atoms with E-state index < -0.39 is 29.7 Å². The van der Waals surface area contributed by atoms with Gasteiger partial charge in [-0.2, -0.15) is 13.2 Å². The molecule has 1 heterocycles. The van der Waals surface area contributed by atoms with Crippen molar-refractivity contribution in [1.82, 2.24) is 4.90 Å². The Morgan fingerprint density at radius 3 is 2.30 bits per heavy atom. The Balaban J connectivity index is 2.09. The molecule has 1 fully saturated rings. The SMILES string of the molecule is CCOc1ccc(C(c2cc(C(F)(F)F)ccc2Cl)N2CCC(C(=O)O)CC2)cc1OCC. The molecule has 0 saturated carbocycles. The molecule has 33 heavy (non-hydrogen) atoms. The summed E-state index contributed by atoms with van der Waals surface area (Å²) in [5.41, 5.74) is 0.215. The zero-order valence-corrected chi connectivity index (χ0v) is 19.2. The Kier molecular flexibility index (Phi) is 8.13. The van der Waals surface area contributed by atoms with Crippen LogP contribution in [0.25, 0.3) is 0 Å². The molecule has 2 aromatic rings. The van der Waals surface area contributed by atoms with E-state index in [1.807, 2.05) is 18.7 Å².